The van der Waals surface area contributed by atoms with Crippen LogP contribution in [0.4, 0.5) is 0 Å². The molecule has 0 saturated carbocycles. The highest BCUT2D eigenvalue weighted by atomic mass is 32.1. The van der Waals surface area contributed by atoms with Crippen LogP contribution in [0.3, 0.4) is 0 Å². The minimum absolute atomic E-state index is 0.103. The van der Waals surface area contributed by atoms with Crippen LogP contribution in [0.15, 0.2) is 11.6 Å². The van der Waals surface area contributed by atoms with Gasteiger partial charge >= 0.3 is 0 Å². The van der Waals surface area contributed by atoms with E-state index < -0.39 is 0 Å². The van der Waals surface area contributed by atoms with Crippen molar-refractivity contribution in [1.29, 1.82) is 0 Å². The molecule has 1 saturated heterocycles. The zero-order valence-corrected chi connectivity index (χ0v) is 12.6. The number of hydrogen-bond donors (Lipinski definition) is 1. The third-order valence-corrected chi connectivity index (χ3v) is 4.76. The summed E-state index contributed by atoms with van der Waals surface area (Å²) < 4.78 is 0. The highest BCUT2D eigenvalue weighted by Gasteiger charge is 2.36. The highest BCUT2D eigenvalue weighted by Crippen LogP contribution is 2.34. The number of hydrogen-bond acceptors (Lipinski definition) is 4. The predicted octanol–water partition coefficient (Wildman–Crippen LogP) is 2.84. The number of thiazole rings is 1. The van der Waals surface area contributed by atoms with Gasteiger partial charge in [-0.2, -0.15) is 0 Å². The van der Waals surface area contributed by atoms with E-state index in [4.69, 9.17) is 0 Å². The van der Waals surface area contributed by atoms with Gasteiger partial charge in [0, 0.05) is 24.2 Å². The second kappa shape index (κ2) is 6.13. The van der Waals surface area contributed by atoms with Gasteiger partial charge in [-0.1, -0.05) is 6.92 Å². The average Bonchev–Trinajstić information content (AvgIpc) is 2.79. The molecule has 2 rings (SSSR count). The van der Waals surface area contributed by atoms with E-state index >= 15 is 0 Å². The number of nitrogens with zero attached hydrogens (tertiary/aromatic N) is 2. The Bertz CT molecular complexity index is 350. The zero-order valence-electron chi connectivity index (χ0n) is 11.8. The zero-order chi connectivity index (χ0) is 13.0. The molecule has 2 heterocycles. The second-order valence-electron chi connectivity index (χ2n) is 5.51. The van der Waals surface area contributed by atoms with Crippen LogP contribution < -0.4 is 5.32 Å². The molecule has 1 fully saturated rings. The van der Waals surface area contributed by atoms with E-state index in [1.165, 1.54) is 37.4 Å². The van der Waals surface area contributed by atoms with Crippen LogP contribution in [-0.4, -0.2) is 35.6 Å². The Balaban J connectivity index is 2.20. The highest BCUT2D eigenvalue weighted by molar-refractivity contribution is 7.09. The molecule has 1 aliphatic heterocycles. The van der Waals surface area contributed by atoms with E-state index in [0.717, 1.165) is 6.54 Å². The molecule has 1 unspecified atom stereocenters. The number of rotatable bonds is 4. The van der Waals surface area contributed by atoms with Gasteiger partial charge in [-0.25, -0.2) is 4.98 Å². The molecule has 0 radical (unpaired) electrons. The summed E-state index contributed by atoms with van der Waals surface area (Å²) in [5.41, 5.74) is 0.103. The Labute approximate surface area is 115 Å². The molecular formula is C14H25N3S. The Hall–Kier alpha value is -0.450. The van der Waals surface area contributed by atoms with Crippen LogP contribution in [0.2, 0.25) is 0 Å². The van der Waals surface area contributed by atoms with Crippen molar-refractivity contribution >= 4 is 11.3 Å². The molecule has 18 heavy (non-hydrogen) atoms. The summed E-state index contributed by atoms with van der Waals surface area (Å²) in [6.07, 6.45) is 5.57. The predicted molar refractivity (Wildman–Crippen MR) is 78.0 cm³/mol. The first-order valence-corrected chi connectivity index (χ1v) is 7.94. The van der Waals surface area contributed by atoms with Crippen molar-refractivity contribution in [2.75, 3.05) is 19.6 Å². The first kappa shape index (κ1) is 14.0. The summed E-state index contributed by atoms with van der Waals surface area (Å²) in [7, 11) is 0. The van der Waals surface area contributed by atoms with Crippen molar-refractivity contribution in [2.24, 2.45) is 0 Å². The molecule has 1 atom stereocenters. The van der Waals surface area contributed by atoms with Crippen molar-refractivity contribution in [1.82, 2.24) is 15.2 Å². The lowest BCUT2D eigenvalue weighted by atomic mass is 9.90. The van der Waals surface area contributed by atoms with Gasteiger partial charge in [-0.3, -0.25) is 0 Å². The molecule has 102 valence electrons. The lowest BCUT2D eigenvalue weighted by Crippen LogP contribution is -2.46. The van der Waals surface area contributed by atoms with Gasteiger partial charge in [-0.05, 0) is 46.2 Å². The third kappa shape index (κ3) is 3.11. The number of likely N-dealkylation sites (tertiary alicyclic amines) is 1. The van der Waals surface area contributed by atoms with E-state index in [9.17, 15) is 0 Å². The largest absolute Gasteiger partial charge is 0.304 e. The molecule has 0 bridgehead atoms. The molecule has 1 aromatic rings. The van der Waals surface area contributed by atoms with Crippen LogP contribution in [0.5, 0.6) is 0 Å². The van der Waals surface area contributed by atoms with Crippen molar-refractivity contribution in [3.05, 3.63) is 16.6 Å². The van der Waals surface area contributed by atoms with Gasteiger partial charge in [0.05, 0.1) is 5.54 Å². The van der Waals surface area contributed by atoms with Crippen molar-refractivity contribution in [2.45, 2.75) is 51.6 Å². The van der Waals surface area contributed by atoms with Crippen molar-refractivity contribution < 1.29 is 0 Å². The summed E-state index contributed by atoms with van der Waals surface area (Å²) in [4.78, 5) is 7.15. The molecule has 1 aliphatic rings. The maximum absolute atomic E-state index is 4.60. The molecule has 3 nitrogen and oxygen atoms in total. The maximum Gasteiger partial charge on any atom is 0.113 e. The topological polar surface area (TPSA) is 28.2 Å². The smallest absolute Gasteiger partial charge is 0.113 e. The van der Waals surface area contributed by atoms with E-state index in [2.05, 4.69) is 41.4 Å². The Morgan fingerprint density at radius 1 is 1.44 bits per heavy atom. The van der Waals surface area contributed by atoms with Gasteiger partial charge < -0.3 is 10.2 Å². The van der Waals surface area contributed by atoms with E-state index in [-0.39, 0.29) is 5.54 Å². The number of nitrogens with one attached hydrogen (secondary N) is 1. The van der Waals surface area contributed by atoms with Gasteiger partial charge in [0.2, 0.25) is 0 Å². The fourth-order valence-corrected chi connectivity index (χ4v) is 3.80. The third-order valence-electron chi connectivity index (χ3n) is 3.79. The van der Waals surface area contributed by atoms with Crippen LogP contribution in [0, 0.1) is 0 Å². The Morgan fingerprint density at radius 3 is 2.89 bits per heavy atom. The summed E-state index contributed by atoms with van der Waals surface area (Å²) in [6, 6.07) is 0.502. The normalized spacial score (nSPS) is 26.4. The minimum Gasteiger partial charge on any atom is -0.304 e. The van der Waals surface area contributed by atoms with Gasteiger partial charge in [-0.15, -0.1) is 11.3 Å². The number of aromatic nitrogens is 1. The van der Waals surface area contributed by atoms with Gasteiger partial charge in [0.25, 0.3) is 0 Å². The van der Waals surface area contributed by atoms with Crippen molar-refractivity contribution in [3.63, 3.8) is 0 Å². The van der Waals surface area contributed by atoms with Crippen LogP contribution in [-0.2, 0) is 5.54 Å². The first-order valence-electron chi connectivity index (χ1n) is 7.06. The molecule has 0 aliphatic carbocycles. The lowest BCUT2D eigenvalue weighted by Gasteiger charge is -2.34. The summed E-state index contributed by atoms with van der Waals surface area (Å²) in [5, 5.41) is 7.17. The Kier molecular flexibility index (Phi) is 4.76. The summed E-state index contributed by atoms with van der Waals surface area (Å²) in [5.74, 6) is 0. The second-order valence-corrected chi connectivity index (χ2v) is 6.40. The molecule has 1 aromatic heterocycles. The molecule has 0 aromatic carbocycles. The Morgan fingerprint density at radius 2 is 2.28 bits per heavy atom. The standard InChI is InChI=1S/C14H25N3S/c1-4-17-9-5-6-14(7-10-17,16-12(2)3)13-15-8-11-18-13/h8,11-12,16H,4-7,9-10H2,1-3H3. The maximum atomic E-state index is 4.60. The molecular weight excluding hydrogens is 242 g/mol. The minimum atomic E-state index is 0.103. The molecule has 0 spiro atoms. The van der Waals surface area contributed by atoms with E-state index in [1.807, 2.05) is 6.20 Å². The molecule has 0 amide bonds. The molecule has 1 N–H and O–H groups in total. The van der Waals surface area contributed by atoms with Crippen LogP contribution in [0.1, 0.15) is 45.0 Å². The van der Waals surface area contributed by atoms with Gasteiger partial charge in [0.15, 0.2) is 0 Å². The fraction of sp³-hybridized carbons (Fsp3) is 0.786. The SMILES string of the molecule is CCN1CCCC(NC(C)C)(c2nccs2)CC1. The summed E-state index contributed by atoms with van der Waals surface area (Å²) >= 11 is 1.80. The molecule has 4 heteroatoms. The van der Waals surface area contributed by atoms with Crippen LogP contribution >= 0.6 is 11.3 Å². The van der Waals surface area contributed by atoms with E-state index in [0.29, 0.717) is 6.04 Å². The van der Waals surface area contributed by atoms with Crippen LogP contribution in [0.25, 0.3) is 0 Å². The van der Waals surface area contributed by atoms with Crippen molar-refractivity contribution in [3.8, 4) is 0 Å². The van der Waals surface area contributed by atoms with E-state index in [1.54, 1.807) is 11.3 Å². The monoisotopic (exact) mass is 267 g/mol. The van der Waals surface area contributed by atoms with Gasteiger partial charge in [0.1, 0.15) is 5.01 Å². The lowest BCUT2D eigenvalue weighted by molar-refractivity contribution is 0.250. The first-order chi connectivity index (χ1) is 8.66. The summed E-state index contributed by atoms with van der Waals surface area (Å²) in [6.45, 7) is 10.3. The average molecular weight is 267 g/mol. The quantitative estimate of drug-likeness (QED) is 0.909. The fourth-order valence-electron chi connectivity index (χ4n) is 2.94.